The molecule has 0 saturated carbocycles. The molecule has 0 aliphatic carbocycles. The zero-order chi connectivity index (χ0) is 16.6. The van der Waals surface area contributed by atoms with Crippen molar-refractivity contribution in [3.05, 3.63) is 36.0 Å². The summed E-state index contributed by atoms with van der Waals surface area (Å²) in [5.41, 5.74) is 1.68. The number of rotatable bonds is 3. The Kier molecular flexibility index (Phi) is 3.80. The molecule has 1 atom stereocenters. The molecule has 0 radical (unpaired) electrons. The van der Waals surface area contributed by atoms with Crippen LogP contribution < -0.4 is 5.32 Å². The average molecular weight is 311 g/mol. The summed E-state index contributed by atoms with van der Waals surface area (Å²) in [4.78, 5) is 30.9. The number of pyridine rings is 1. The van der Waals surface area contributed by atoms with Crippen molar-refractivity contribution in [1.29, 1.82) is 0 Å². The molecule has 1 saturated heterocycles. The van der Waals surface area contributed by atoms with Crippen LogP contribution in [-0.2, 0) is 9.59 Å². The minimum Gasteiger partial charge on any atom is -0.328 e. The van der Waals surface area contributed by atoms with Gasteiger partial charge >= 0.3 is 0 Å². The molecular weight excluding hydrogens is 290 g/mol. The van der Waals surface area contributed by atoms with E-state index in [1.165, 1.54) is 0 Å². The molecule has 23 heavy (non-hydrogen) atoms. The first-order chi connectivity index (χ1) is 11.0. The Morgan fingerprint density at radius 2 is 2.09 bits per heavy atom. The van der Waals surface area contributed by atoms with Crippen molar-refractivity contribution in [3.8, 4) is 0 Å². The number of anilines is 1. The third-order valence-electron chi connectivity index (χ3n) is 4.60. The second-order valence-corrected chi connectivity index (χ2v) is 6.21. The third-order valence-corrected chi connectivity index (χ3v) is 4.60. The Balaban J connectivity index is 1.90. The topological polar surface area (TPSA) is 62.3 Å². The Labute approximate surface area is 135 Å². The summed E-state index contributed by atoms with van der Waals surface area (Å²) >= 11 is 0. The third kappa shape index (κ3) is 2.56. The number of aryl methyl sites for hydroxylation is 1. The van der Waals surface area contributed by atoms with Crippen LogP contribution in [-0.4, -0.2) is 33.8 Å². The standard InChI is InChI=1S/C18H21N3O2/c1-4-16(22)21-10-9-18(21,3)17(23)20-15-11-12(2)19-14-8-6-5-7-13(14)15/h5-8,11H,4,9-10H2,1-3H3,(H,19,20,23). The fourth-order valence-corrected chi connectivity index (χ4v) is 3.05. The number of carbonyl (C=O) groups excluding carboxylic acids is 2. The number of nitrogens with zero attached hydrogens (tertiary/aromatic N) is 2. The van der Waals surface area contributed by atoms with Crippen molar-refractivity contribution in [1.82, 2.24) is 9.88 Å². The van der Waals surface area contributed by atoms with Crippen molar-refractivity contribution < 1.29 is 9.59 Å². The highest BCUT2D eigenvalue weighted by Crippen LogP contribution is 2.33. The van der Waals surface area contributed by atoms with Gasteiger partial charge in [0.15, 0.2) is 0 Å². The van der Waals surface area contributed by atoms with Crippen LogP contribution >= 0.6 is 0 Å². The van der Waals surface area contributed by atoms with E-state index in [0.29, 0.717) is 19.4 Å². The predicted octanol–water partition coefficient (Wildman–Crippen LogP) is 2.88. The lowest BCUT2D eigenvalue weighted by Gasteiger charge is -2.49. The van der Waals surface area contributed by atoms with Crippen LogP contribution in [0.5, 0.6) is 0 Å². The molecule has 1 aliphatic rings. The van der Waals surface area contributed by atoms with Crippen LogP contribution in [0.4, 0.5) is 5.69 Å². The van der Waals surface area contributed by atoms with E-state index < -0.39 is 5.54 Å². The van der Waals surface area contributed by atoms with E-state index in [1.807, 2.05) is 51.1 Å². The Bertz CT molecular complexity index is 787. The van der Waals surface area contributed by atoms with Gasteiger partial charge in [-0.3, -0.25) is 14.6 Å². The van der Waals surface area contributed by atoms with Crippen LogP contribution in [0.25, 0.3) is 10.9 Å². The molecule has 1 aromatic carbocycles. The van der Waals surface area contributed by atoms with Gasteiger partial charge in [-0.1, -0.05) is 25.1 Å². The zero-order valence-electron chi connectivity index (χ0n) is 13.7. The van der Waals surface area contributed by atoms with Gasteiger partial charge in [0, 0.05) is 24.0 Å². The molecule has 2 heterocycles. The summed E-state index contributed by atoms with van der Waals surface area (Å²) in [6, 6.07) is 9.59. The minimum absolute atomic E-state index is 0.0182. The van der Waals surface area contributed by atoms with Crippen LogP contribution in [0.2, 0.25) is 0 Å². The highest BCUT2D eigenvalue weighted by Gasteiger charge is 2.48. The van der Waals surface area contributed by atoms with Gasteiger partial charge in [0.05, 0.1) is 11.2 Å². The second-order valence-electron chi connectivity index (χ2n) is 6.21. The van der Waals surface area contributed by atoms with Crippen LogP contribution in [0.3, 0.4) is 0 Å². The van der Waals surface area contributed by atoms with Crippen LogP contribution in [0, 0.1) is 6.92 Å². The first-order valence-corrected chi connectivity index (χ1v) is 7.94. The molecule has 5 heteroatoms. The molecule has 1 aromatic heterocycles. The summed E-state index contributed by atoms with van der Waals surface area (Å²) in [6.07, 6.45) is 1.10. The Morgan fingerprint density at radius 3 is 2.74 bits per heavy atom. The van der Waals surface area contributed by atoms with E-state index in [-0.39, 0.29) is 11.8 Å². The normalized spacial score (nSPS) is 20.2. The van der Waals surface area contributed by atoms with Gasteiger partial charge in [0.1, 0.15) is 5.54 Å². The maximum Gasteiger partial charge on any atom is 0.250 e. The van der Waals surface area contributed by atoms with Gasteiger partial charge in [0.25, 0.3) is 0 Å². The molecule has 2 aromatic rings. The molecular formula is C18H21N3O2. The molecule has 1 unspecified atom stereocenters. The number of carbonyl (C=O) groups is 2. The second kappa shape index (κ2) is 5.65. The fourth-order valence-electron chi connectivity index (χ4n) is 3.05. The monoisotopic (exact) mass is 311 g/mol. The van der Waals surface area contributed by atoms with Gasteiger partial charge in [-0.25, -0.2) is 0 Å². The van der Waals surface area contributed by atoms with Gasteiger partial charge < -0.3 is 10.2 Å². The molecule has 1 fully saturated rings. The van der Waals surface area contributed by atoms with E-state index in [9.17, 15) is 9.59 Å². The number of amides is 2. The largest absolute Gasteiger partial charge is 0.328 e. The number of hydrogen-bond donors (Lipinski definition) is 1. The lowest BCUT2D eigenvalue weighted by molar-refractivity contribution is -0.154. The number of nitrogens with one attached hydrogen (secondary N) is 1. The summed E-state index contributed by atoms with van der Waals surface area (Å²) < 4.78 is 0. The van der Waals surface area contributed by atoms with E-state index in [4.69, 9.17) is 0 Å². The smallest absolute Gasteiger partial charge is 0.250 e. The Hall–Kier alpha value is -2.43. The lowest BCUT2D eigenvalue weighted by Crippen LogP contribution is -2.66. The van der Waals surface area contributed by atoms with E-state index >= 15 is 0 Å². The maximum atomic E-state index is 12.8. The molecule has 1 N–H and O–H groups in total. The van der Waals surface area contributed by atoms with Gasteiger partial charge in [-0.15, -0.1) is 0 Å². The number of hydrogen-bond acceptors (Lipinski definition) is 3. The summed E-state index contributed by atoms with van der Waals surface area (Å²) in [7, 11) is 0. The van der Waals surface area contributed by atoms with E-state index in [1.54, 1.807) is 4.90 Å². The molecule has 2 amide bonds. The molecule has 0 spiro atoms. The van der Waals surface area contributed by atoms with Gasteiger partial charge in [-0.05, 0) is 32.4 Å². The molecule has 1 aliphatic heterocycles. The zero-order valence-corrected chi connectivity index (χ0v) is 13.7. The highest BCUT2D eigenvalue weighted by atomic mass is 16.2. The summed E-state index contributed by atoms with van der Waals surface area (Å²) in [6.45, 7) is 6.20. The Morgan fingerprint density at radius 1 is 1.35 bits per heavy atom. The van der Waals surface area contributed by atoms with Gasteiger partial charge in [0.2, 0.25) is 11.8 Å². The quantitative estimate of drug-likeness (QED) is 0.948. The van der Waals surface area contributed by atoms with Crippen molar-refractivity contribution in [2.24, 2.45) is 0 Å². The number of aromatic nitrogens is 1. The summed E-state index contributed by atoms with van der Waals surface area (Å²) in [5, 5.41) is 3.91. The van der Waals surface area contributed by atoms with Crippen LogP contribution in [0.15, 0.2) is 30.3 Å². The lowest BCUT2D eigenvalue weighted by atomic mass is 9.85. The number of likely N-dealkylation sites (tertiary alicyclic amines) is 1. The number of benzene rings is 1. The van der Waals surface area contributed by atoms with Gasteiger partial charge in [-0.2, -0.15) is 0 Å². The number of para-hydroxylation sites is 1. The average Bonchev–Trinajstić information content (AvgIpc) is 2.52. The summed E-state index contributed by atoms with van der Waals surface area (Å²) in [5.74, 6) is -0.119. The highest BCUT2D eigenvalue weighted by molar-refractivity contribution is 6.06. The van der Waals surface area contributed by atoms with Crippen molar-refractivity contribution in [3.63, 3.8) is 0 Å². The minimum atomic E-state index is -0.759. The first kappa shape index (κ1) is 15.5. The predicted molar refractivity (Wildman–Crippen MR) is 90.1 cm³/mol. The van der Waals surface area contributed by atoms with Crippen molar-refractivity contribution in [2.45, 2.75) is 39.2 Å². The molecule has 120 valence electrons. The maximum absolute atomic E-state index is 12.8. The SMILES string of the molecule is CCC(=O)N1CCC1(C)C(=O)Nc1cc(C)nc2ccccc12. The number of fused-ring (bicyclic) bond motifs is 1. The van der Waals surface area contributed by atoms with Crippen molar-refractivity contribution in [2.75, 3.05) is 11.9 Å². The fraction of sp³-hybridized carbons (Fsp3) is 0.389. The molecule has 5 nitrogen and oxygen atoms in total. The molecule has 3 rings (SSSR count). The molecule has 0 bridgehead atoms. The van der Waals surface area contributed by atoms with Crippen LogP contribution in [0.1, 0.15) is 32.4 Å². The first-order valence-electron chi connectivity index (χ1n) is 7.94. The van der Waals surface area contributed by atoms with E-state index in [2.05, 4.69) is 10.3 Å². The van der Waals surface area contributed by atoms with Crippen molar-refractivity contribution >= 4 is 28.4 Å². The van der Waals surface area contributed by atoms with E-state index in [0.717, 1.165) is 22.3 Å².